The molecule has 2 rings (SSSR count). The Morgan fingerprint density at radius 1 is 1.30 bits per heavy atom. The first-order chi connectivity index (χ1) is 9.46. The van der Waals surface area contributed by atoms with Gasteiger partial charge in [-0.05, 0) is 11.6 Å². The number of carboxylic acid groups (broad SMARTS) is 1. The van der Waals surface area contributed by atoms with E-state index < -0.39 is 16.0 Å². The van der Waals surface area contributed by atoms with E-state index in [0.29, 0.717) is 0 Å². The van der Waals surface area contributed by atoms with E-state index in [9.17, 15) is 13.2 Å². The van der Waals surface area contributed by atoms with Crippen LogP contribution < -0.4 is 4.72 Å². The van der Waals surface area contributed by atoms with Gasteiger partial charge in [0.15, 0.2) is 5.82 Å². The van der Waals surface area contributed by atoms with Crippen molar-refractivity contribution in [2.24, 2.45) is 0 Å². The number of benzene rings is 1. The van der Waals surface area contributed by atoms with Crippen molar-refractivity contribution < 1.29 is 18.3 Å². The molecule has 3 N–H and O–H groups in total. The molecule has 0 saturated heterocycles. The minimum absolute atomic E-state index is 0.0832. The third-order valence-corrected chi connectivity index (χ3v) is 3.28. The van der Waals surface area contributed by atoms with Gasteiger partial charge in [0.05, 0.1) is 5.41 Å². The number of aromatic nitrogens is 2. The number of rotatable bonds is 5. The summed E-state index contributed by atoms with van der Waals surface area (Å²) < 4.78 is 25.6. The Balaban J connectivity index is 2.11. The smallest absolute Gasteiger partial charge is 0.353 e. The number of hydrogen-bond donors (Lipinski definition) is 3. The number of carboxylic acids is 1. The van der Waals surface area contributed by atoms with Gasteiger partial charge in [-0.3, -0.25) is 9.82 Å². The van der Waals surface area contributed by atoms with Crippen molar-refractivity contribution in [3.63, 3.8) is 0 Å². The van der Waals surface area contributed by atoms with Crippen molar-refractivity contribution in [1.29, 1.82) is 0 Å². The molecular weight excluding hydrogens is 282 g/mol. The quantitative estimate of drug-likeness (QED) is 0.773. The largest absolute Gasteiger partial charge is 0.477 e. The molecule has 20 heavy (non-hydrogen) atoms. The molecule has 0 saturated carbocycles. The lowest BCUT2D eigenvalue weighted by atomic mass is 10.2. The van der Waals surface area contributed by atoms with Crippen LogP contribution in [0.3, 0.4) is 0 Å². The molecule has 0 aliphatic rings. The van der Waals surface area contributed by atoms with E-state index in [2.05, 4.69) is 14.9 Å². The Morgan fingerprint density at radius 3 is 2.60 bits per heavy atom. The van der Waals surface area contributed by atoms with Gasteiger partial charge in [-0.1, -0.05) is 30.3 Å². The first kappa shape index (κ1) is 13.8. The van der Waals surface area contributed by atoms with E-state index in [1.54, 1.807) is 24.3 Å². The van der Waals surface area contributed by atoms with Gasteiger partial charge in [0.2, 0.25) is 0 Å². The Kier molecular flexibility index (Phi) is 3.85. The summed E-state index contributed by atoms with van der Waals surface area (Å²) in [5, 5.41) is 15.4. The maximum absolute atomic E-state index is 11.8. The Hall–Kier alpha value is -2.61. The van der Waals surface area contributed by atoms with Crippen LogP contribution in [0, 0.1) is 0 Å². The molecule has 8 heteroatoms. The molecule has 0 aliphatic carbocycles. The number of carbonyl (C=O) groups is 1. The lowest BCUT2D eigenvalue weighted by Crippen LogP contribution is -2.09. The molecule has 1 heterocycles. The number of sulfonamides is 1. The molecule has 0 atom stereocenters. The molecule has 0 fully saturated rings. The second-order valence-corrected chi connectivity index (χ2v) is 5.40. The summed E-state index contributed by atoms with van der Waals surface area (Å²) in [5.41, 5.74) is 0.529. The van der Waals surface area contributed by atoms with Crippen LogP contribution in [-0.4, -0.2) is 29.7 Å². The highest BCUT2D eigenvalue weighted by molar-refractivity contribution is 7.95. The lowest BCUT2D eigenvalue weighted by molar-refractivity contribution is 0.0690. The van der Waals surface area contributed by atoms with Crippen LogP contribution in [0.4, 0.5) is 5.82 Å². The number of nitrogens with one attached hydrogen (secondary N) is 2. The van der Waals surface area contributed by atoms with Gasteiger partial charge in [-0.25, -0.2) is 13.2 Å². The molecule has 1 aromatic heterocycles. The van der Waals surface area contributed by atoms with E-state index in [-0.39, 0.29) is 11.5 Å². The van der Waals surface area contributed by atoms with E-state index in [4.69, 9.17) is 5.11 Å². The van der Waals surface area contributed by atoms with Crippen LogP contribution in [-0.2, 0) is 10.0 Å². The minimum atomic E-state index is -3.75. The molecule has 2 aromatic rings. The first-order valence-corrected chi connectivity index (χ1v) is 7.05. The van der Waals surface area contributed by atoms with Crippen LogP contribution in [0.2, 0.25) is 0 Å². The molecule has 1 aromatic carbocycles. The van der Waals surface area contributed by atoms with Gasteiger partial charge in [-0.2, -0.15) is 5.10 Å². The second-order valence-electron chi connectivity index (χ2n) is 3.83. The molecule has 7 nitrogen and oxygen atoms in total. The van der Waals surface area contributed by atoms with E-state index in [1.165, 1.54) is 6.08 Å². The summed E-state index contributed by atoms with van der Waals surface area (Å²) in [5.74, 6) is -1.30. The van der Waals surface area contributed by atoms with Gasteiger partial charge in [0.25, 0.3) is 10.0 Å². The number of aromatic amines is 1. The Morgan fingerprint density at radius 2 is 2.00 bits per heavy atom. The number of aromatic carboxylic acids is 1. The first-order valence-electron chi connectivity index (χ1n) is 5.51. The minimum Gasteiger partial charge on any atom is -0.477 e. The fourth-order valence-electron chi connectivity index (χ4n) is 1.40. The average Bonchev–Trinajstić information content (AvgIpc) is 2.86. The molecule has 0 spiro atoms. The zero-order valence-electron chi connectivity index (χ0n) is 10.1. The van der Waals surface area contributed by atoms with E-state index in [1.807, 2.05) is 6.07 Å². The van der Waals surface area contributed by atoms with Crippen LogP contribution >= 0.6 is 0 Å². The van der Waals surface area contributed by atoms with Gasteiger partial charge < -0.3 is 5.11 Å². The third-order valence-electron chi connectivity index (χ3n) is 2.29. The molecular formula is C12H11N3O4S. The highest BCUT2D eigenvalue weighted by Gasteiger charge is 2.11. The highest BCUT2D eigenvalue weighted by Crippen LogP contribution is 2.10. The predicted molar refractivity (Wildman–Crippen MR) is 73.6 cm³/mol. The SMILES string of the molecule is O=C(O)c1cc(NS(=O)(=O)C=Cc2ccccc2)n[nH]1. The number of anilines is 1. The Bertz CT molecular complexity index is 735. The zero-order valence-corrected chi connectivity index (χ0v) is 11.0. The number of H-pyrrole nitrogens is 1. The standard InChI is InChI=1S/C12H11N3O4S/c16-12(17)10-8-11(14-13-10)15-20(18,19)7-6-9-4-2-1-3-5-9/h1-8H,(H,16,17)(H2,13,14,15). The lowest BCUT2D eigenvalue weighted by Gasteiger charge is -1.99. The Labute approximate surface area is 115 Å². The zero-order chi connectivity index (χ0) is 14.6. The fourth-order valence-corrected chi connectivity index (χ4v) is 2.20. The van der Waals surface area contributed by atoms with Crippen molar-refractivity contribution in [1.82, 2.24) is 10.2 Å². The molecule has 0 bridgehead atoms. The van der Waals surface area contributed by atoms with Gasteiger partial charge in [0.1, 0.15) is 5.69 Å². The van der Waals surface area contributed by atoms with Crippen molar-refractivity contribution in [3.8, 4) is 0 Å². The molecule has 0 unspecified atom stereocenters. The number of hydrogen-bond acceptors (Lipinski definition) is 4. The summed E-state index contributed by atoms with van der Waals surface area (Å²) >= 11 is 0. The summed E-state index contributed by atoms with van der Waals surface area (Å²) in [7, 11) is -3.75. The molecule has 104 valence electrons. The molecule has 0 amide bonds. The number of nitrogens with zero attached hydrogens (tertiary/aromatic N) is 1. The average molecular weight is 293 g/mol. The summed E-state index contributed by atoms with van der Waals surface area (Å²) in [6.07, 6.45) is 1.42. The van der Waals surface area contributed by atoms with Crippen molar-refractivity contribution in [2.75, 3.05) is 4.72 Å². The van der Waals surface area contributed by atoms with Crippen LogP contribution in [0.15, 0.2) is 41.8 Å². The fraction of sp³-hybridized carbons (Fsp3) is 0. The van der Waals surface area contributed by atoms with Crippen LogP contribution in [0.25, 0.3) is 6.08 Å². The summed E-state index contributed by atoms with van der Waals surface area (Å²) in [6, 6.07) is 9.99. The topological polar surface area (TPSA) is 112 Å². The molecule has 0 radical (unpaired) electrons. The monoisotopic (exact) mass is 293 g/mol. The summed E-state index contributed by atoms with van der Waals surface area (Å²) in [4.78, 5) is 10.6. The maximum Gasteiger partial charge on any atom is 0.353 e. The summed E-state index contributed by atoms with van der Waals surface area (Å²) in [6.45, 7) is 0. The second kappa shape index (κ2) is 5.57. The van der Waals surface area contributed by atoms with E-state index >= 15 is 0 Å². The third kappa shape index (κ3) is 3.69. The van der Waals surface area contributed by atoms with Crippen LogP contribution in [0.5, 0.6) is 0 Å². The normalized spacial score (nSPS) is 11.6. The van der Waals surface area contributed by atoms with Crippen molar-refractivity contribution in [2.45, 2.75) is 0 Å². The van der Waals surface area contributed by atoms with Gasteiger partial charge in [-0.15, -0.1) is 0 Å². The predicted octanol–water partition coefficient (Wildman–Crippen LogP) is 1.52. The highest BCUT2D eigenvalue weighted by atomic mass is 32.2. The molecule has 0 aliphatic heterocycles. The van der Waals surface area contributed by atoms with Crippen LogP contribution in [0.1, 0.15) is 16.1 Å². The van der Waals surface area contributed by atoms with E-state index in [0.717, 1.165) is 17.0 Å². The van der Waals surface area contributed by atoms with Crippen molar-refractivity contribution in [3.05, 3.63) is 53.1 Å². The van der Waals surface area contributed by atoms with Gasteiger partial charge in [0, 0.05) is 6.07 Å². The maximum atomic E-state index is 11.8. The van der Waals surface area contributed by atoms with Gasteiger partial charge >= 0.3 is 5.97 Å². The van der Waals surface area contributed by atoms with Crippen molar-refractivity contribution >= 4 is 27.9 Å².